The summed E-state index contributed by atoms with van der Waals surface area (Å²) in [5, 5.41) is 0. The maximum absolute atomic E-state index is 11.2. The van der Waals surface area contributed by atoms with E-state index in [-0.39, 0.29) is 12.6 Å². The van der Waals surface area contributed by atoms with Crippen molar-refractivity contribution in [3.05, 3.63) is 65.7 Å². The van der Waals surface area contributed by atoms with Crippen molar-refractivity contribution in [3.63, 3.8) is 0 Å². The summed E-state index contributed by atoms with van der Waals surface area (Å²) in [5.41, 5.74) is 2.37. The first-order chi connectivity index (χ1) is 14.6. The van der Waals surface area contributed by atoms with Gasteiger partial charge in [0.2, 0.25) is 0 Å². The zero-order valence-electron chi connectivity index (χ0n) is 17.8. The maximum Gasteiger partial charge on any atom is 0.344 e. The summed E-state index contributed by atoms with van der Waals surface area (Å²) < 4.78 is 14.8. The van der Waals surface area contributed by atoms with E-state index in [1.54, 1.807) is 6.92 Å². The van der Waals surface area contributed by atoms with Crippen LogP contribution in [0.4, 0.5) is 0 Å². The van der Waals surface area contributed by atoms with Crippen LogP contribution < -0.4 is 4.74 Å². The normalized spacial score (nSPS) is 14.2. The van der Waals surface area contributed by atoms with E-state index in [1.165, 1.54) is 18.4 Å². The number of hydrogen-bond acceptors (Lipinski definition) is 6. The molecule has 0 aromatic heterocycles. The van der Waals surface area contributed by atoms with E-state index >= 15 is 0 Å². The van der Waals surface area contributed by atoms with Crippen LogP contribution in [-0.4, -0.2) is 50.7 Å². The van der Waals surface area contributed by atoms with Gasteiger partial charge in [0.1, 0.15) is 12.4 Å². The van der Waals surface area contributed by atoms with Crippen LogP contribution in [0.25, 0.3) is 0 Å². The van der Waals surface area contributed by atoms with Gasteiger partial charge in [-0.15, -0.1) is 0 Å². The summed E-state index contributed by atoms with van der Waals surface area (Å²) in [6.07, 6.45) is 2.42. The highest BCUT2D eigenvalue weighted by atomic mass is 16.6. The number of hydrogen-bond donors (Lipinski definition) is 0. The third-order valence-corrected chi connectivity index (χ3v) is 4.89. The molecule has 6 nitrogen and oxygen atoms in total. The Kier molecular flexibility index (Phi) is 10.4. The van der Waals surface area contributed by atoms with Crippen molar-refractivity contribution >= 4 is 12.4 Å². The van der Waals surface area contributed by atoms with Crippen molar-refractivity contribution in [1.82, 2.24) is 4.90 Å². The number of carbonyl (C=O) groups excluding carboxylic acids is 2. The lowest BCUT2D eigenvalue weighted by Crippen LogP contribution is -2.29. The Bertz CT molecular complexity index is 740. The molecule has 1 aliphatic heterocycles. The molecule has 0 aliphatic carbocycles. The number of rotatable bonds is 8. The highest BCUT2D eigenvalue weighted by molar-refractivity contribution is 5.71. The Morgan fingerprint density at radius 2 is 1.73 bits per heavy atom. The third kappa shape index (κ3) is 8.66. The van der Waals surface area contributed by atoms with Crippen LogP contribution in [0.2, 0.25) is 0 Å². The third-order valence-electron chi connectivity index (χ3n) is 4.89. The van der Waals surface area contributed by atoms with Crippen LogP contribution in [0.5, 0.6) is 5.75 Å². The van der Waals surface area contributed by atoms with Gasteiger partial charge in [-0.05, 0) is 69.1 Å². The van der Waals surface area contributed by atoms with Crippen LogP contribution in [0.15, 0.2) is 54.6 Å². The quantitative estimate of drug-likeness (QED) is 0.485. The second-order valence-electron chi connectivity index (χ2n) is 7.13. The molecule has 1 heterocycles. The molecule has 2 aromatic carbocycles. The lowest BCUT2D eigenvalue weighted by molar-refractivity contribution is -0.145. The van der Waals surface area contributed by atoms with E-state index in [4.69, 9.17) is 9.47 Å². The fourth-order valence-corrected chi connectivity index (χ4v) is 3.23. The molecule has 162 valence electrons. The standard InChI is InChI=1S/C16H23NO3.C8H8O2/c1-3-19-16(18)12-20-15-6-4-13(5-7-15)14-8-10-17(2)11-9-14;9-7-10-6-8-4-2-1-3-5-8/h4-7,14H,3,8-12H2,1-2H3;1-5,7H,6H2. The number of ether oxygens (including phenoxy) is 3. The highest BCUT2D eigenvalue weighted by Gasteiger charge is 2.18. The van der Waals surface area contributed by atoms with Crippen LogP contribution in [0.3, 0.4) is 0 Å². The predicted molar refractivity (Wildman–Crippen MR) is 115 cm³/mol. The van der Waals surface area contributed by atoms with Crippen molar-refractivity contribution < 1.29 is 23.8 Å². The van der Waals surface area contributed by atoms with Gasteiger partial charge in [-0.25, -0.2) is 4.79 Å². The molecule has 0 radical (unpaired) electrons. The van der Waals surface area contributed by atoms with Gasteiger partial charge in [-0.3, -0.25) is 4.79 Å². The summed E-state index contributed by atoms with van der Waals surface area (Å²) in [6.45, 7) is 5.28. The minimum absolute atomic E-state index is 0.0264. The van der Waals surface area contributed by atoms with E-state index in [1.807, 2.05) is 42.5 Å². The fourth-order valence-electron chi connectivity index (χ4n) is 3.23. The molecule has 6 heteroatoms. The molecular weight excluding hydrogens is 382 g/mol. The fraction of sp³-hybridized carbons (Fsp3) is 0.417. The number of piperidine rings is 1. The van der Waals surface area contributed by atoms with Crippen LogP contribution in [0.1, 0.15) is 36.8 Å². The largest absolute Gasteiger partial charge is 0.482 e. The summed E-state index contributed by atoms with van der Waals surface area (Å²) in [7, 11) is 2.17. The molecule has 2 aromatic rings. The van der Waals surface area contributed by atoms with Crippen LogP contribution in [0, 0.1) is 0 Å². The first kappa shape index (κ1) is 23.4. The van der Waals surface area contributed by atoms with Crippen molar-refractivity contribution in [1.29, 1.82) is 0 Å². The zero-order chi connectivity index (χ0) is 21.6. The van der Waals surface area contributed by atoms with Gasteiger partial charge < -0.3 is 19.1 Å². The minimum atomic E-state index is -0.327. The Labute approximate surface area is 178 Å². The second-order valence-corrected chi connectivity index (χ2v) is 7.13. The molecule has 1 fully saturated rings. The predicted octanol–water partition coefficient (Wildman–Crippen LogP) is 3.80. The van der Waals surface area contributed by atoms with Gasteiger partial charge in [0, 0.05) is 0 Å². The van der Waals surface area contributed by atoms with E-state index in [2.05, 4.69) is 28.8 Å². The molecule has 0 spiro atoms. The average Bonchev–Trinajstić information content (AvgIpc) is 2.79. The van der Waals surface area contributed by atoms with E-state index in [0.717, 1.165) is 24.4 Å². The van der Waals surface area contributed by atoms with Gasteiger partial charge in [-0.2, -0.15) is 0 Å². The van der Waals surface area contributed by atoms with Crippen molar-refractivity contribution in [2.45, 2.75) is 32.3 Å². The second kappa shape index (κ2) is 13.4. The van der Waals surface area contributed by atoms with E-state index < -0.39 is 0 Å². The van der Waals surface area contributed by atoms with Gasteiger partial charge in [-0.1, -0.05) is 42.5 Å². The number of nitrogens with zero attached hydrogens (tertiary/aromatic N) is 1. The van der Waals surface area contributed by atoms with Gasteiger partial charge in [0.05, 0.1) is 6.61 Å². The molecule has 0 amide bonds. The molecule has 1 aliphatic rings. The molecule has 30 heavy (non-hydrogen) atoms. The number of likely N-dealkylation sites (tertiary alicyclic amines) is 1. The first-order valence-corrected chi connectivity index (χ1v) is 10.3. The van der Waals surface area contributed by atoms with Crippen molar-refractivity contribution in [2.24, 2.45) is 0 Å². The van der Waals surface area contributed by atoms with Gasteiger partial charge in [0.15, 0.2) is 6.61 Å². The minimum Gasteiger partial charge on any atom is -0.482 e. The van der Waals surface area contributed by atoms with E-state index in [0.29, 0.717) is 25.6 Å². The Balaban J connectivity index is 0.000000269. The highest BCUT2D eigenvalue weighted by Crippen LogP contribution is 2.28. The number of esters is 1. The van der Waals surface area contributed by atoms with Crippen LogP contribution in [-0.2, 0) is 25.7 Å². The van der Waals surface area contributed by atoms with Gasteiger partial charge >= 0.3 is 5.97 Å². The Morgan fingerprint density at radius 1 is 1.07 bits per heavy atom. The zero-order valence-corrected chi connectivity index (χ0v) is 17.8. The average molecular weight is 414 g/mol. The smallest absolute Gasteiger partial charge is 0.344 e. The molecule has 0 bridgehead atoms. The number of benzene rings is 2. The summed E-state index contributed by atoms with van der Waals surface area (Å²) in [6, 6.07) is 17.6. The Morgan fingerprint density at radius 3 is 2.33 bits per heavy atom. The van der Waals surface area contributed by atoms with E-state index in [9.17, 15) is 9.59 Å². The molecule has 1 saturated heterocycles. The Hall–Kier alpha value is -2.86. The lowest BCUT2D eigenvalue weighted by Gasteiger charge is -2.29. The van der Waals surface area contributed by atoms with Gasteiger partial charge in [0.25, 0.3) is 6.47 Å². The SMILES string of the molecule is CCOC(=O)COc1ccc(C2CCN(C)CC2)cc1.O=COCc1ccccc1. The van der Waals surface area contributed by atoms with Crippen molar-refractivity contribution in [2.75, 3.05) is 33.4 Å². The topological polar surface area (TPSA) is 65.1 Å². The summed E-state index contributed by atoms with van der Waals surface area (Å²) in [4.78, 5) is 23.3. The lowest BCUT2D eigenvalue weighted by atomic mass is 9.90. The monoisotopic (exact) mass is 413 g/mol. The maximum atomic E-state index is 11.2. The molecular formula is C24H31NO5. The molecule has 0 saturated carbocycles. The molecule has 3 rings (SSSR count). The summed E-state index contributed by atoms with van der Waals surface area (Å²) in [5.74, 6) is 1.03. The first-order valence-electron chi connectivity index (χ1n) is 10.3. The molecule has 0 atom stereocenters. The summed E-state index contributed by atoms with van der Waals surface area (Å²) >= 11 is 0. The van der Waals surface area contributed by atoms with Crippen LogP contribution >= 0.6 is 0 Å². The molecule has 0 unspecified atom stereocenters. The van der Waals surface area contributed by atoms with Crippen molar-refractivity contribution in [3.8, 4) is 5.75 Å². The molecule has 0 N–H and O–H groups in total. The number of carbonyl (C=O) groups is 2.